The number of para-hydroxylation sites is 1. The van der Waals surface area contributed by atoms with Gasteiger partial charge in [-0.05, 0) is 35.7 Å². The maximum absolute atomic E-state index is 6.17. The number of nitrogens with one attached hydrogen (secondary N) is 2. The molecule has 0 aliphatic rings. The molecule has 0 atom stereocenters. The SMILES string of the molecule is CC(C)c1ccccc1Nc1nncc(Nc2cc(Cl)ccc2Cl)n1. The van der Waals surface area contributed by atoms with Gasteiger partial charge in [-0.3, -0.25) is 0 Å². The van der Waals surface area contributed by atoms with E-state index < -0.39 is 0 Å². The van der Waals surface area contributed by atoms with E-state index >= 15 is 0 Å². The summed E-state index contributed by atoms with van der Waals surface area (Å²) in [5.74, 6) is 1.29. The lowest BCUT2D eigenvalue weighted by Gasteiger charge is -2.14. The third kappa shape index (κ3) is 4.38. The summed E-state index contributed by atoms with van der Waals surface area (Å²) >= 11 is 12.2. The average molecular weight is 374 g/mol. The molecule has 2 N–H and O–H groups in total. The number of aromatic nitrogens is 3. The van der Waals surface area contributed by atoms with Crippen molar-refractivity contribution in [1.82, 2.24) is 15.2 Å². The van der Waals surface area contributed by atoms with Crippen LogP contribution < -0.4 is 10.6 Å². The van der Waals surface area contributed by atoms with Crippen molar-refractivity contribution >= 4 is 46.3 Å². The Morgan fingerprint density at radius 3 is 2.56 bits per heavy atom. The number of hydrogen-bond donors (Lipinski definition) is 2. The minimum absolute atomic E-state index is 0.378. The topological polar surface area (TPSA) is 62.7 Å². The zero-order chi connectivity index (χ0) is 17.8. The quantitative estimate of drug-likeness (QED) is 0.592. The van der Waals surface area contributed by atoms with Gasteiger partial charge in [0, 0.05) is 10.7 Å². The van der Waals surface area contributed by atoms with Crippen LogP contribution in [0.25, 0.3) is 0 Å². The lowest BCUT2D eigenvalue weighted by Crippen LogP contribution is -2.04. The first-order chi connectivity index (χ1) is 12.0. The van der Waals surface area contributed by atoms with Gasteiger partial charge < -0.3 is 10.6 Å². The lowest BCUT2D eigenvalue weighted by molar-refractivity contribution is 0.867. The van der Waals surface area contributed by atoms with Gasteiger partial charge in [-0.25, -0.2) is 0 Å². The fraction of sp³-hybridized carbons (Fsp3) is 0.167. The van der Waals surface area contributed by atoms with Crippen LogP contribution in [0.3, 0.4) is 0 Å². The van der Waals surface area contributed by atoms with Crippen molar-refractivity contribution in [2.75, 3.05) is 10.6 Å². The molecule has 0 spiro atoms. The summed E-state index contributed by atoms with van der Waals surface area (Å²) in [4.78, 5) is 4.44. The van der Waals surface area contributed by atoms with Crippen LogP contribution in [0, 0.1) is 0 Å². The Morgan fingerprint density at radius 1 is 0.960 bits per heavy atom. The van der Waals surface area contributed by atoms with Crippen LogP contribution in [0.15, 0.2) is 48.7 Å². The number of hydrogen-bond acceptors (Lipinski definition) is 5. The molecule has 3 rings (SSSR count). The van der Waals surface area contributed by atoms with E-state index in [1.54, 1.807) is 18.2 Å². The van der Waals surface area contributed by atoms with Crippen LogP contribution in [-0.2, 0) is 0 Å². The van der Waals surface area contributed by atoms with Gasteiger partial charge in [-0.2, -0.15) is 10.1 Å². The minimum Gasteiger partial charge on any atom is -0.338 e. The van der Waals surface area contributed by atoms with E-state index in [-0.39, 0.29) is 0 Å². The van der Waals surface area contributed by atoms with Gasteiger partial charge in [-0.1, -0.05) is 55.2 Å². The Hall–Kier alpha value is -2.37. The van der Waals surface area contributed by atoms with Gasteiger partial charge in [-0.15, -0.1) is 5.10 Å². The second-order valence-electron chi connectivity index (χ2n) is 5.78. The molecular weight excluding hydrogens is 357 g/mol. The molecule has 0 saturated heterocycles. The molecule has 3 aromatic rings. The normalized spacial score (nSPS) is 10.8. The van der Waals surface area contributed by atoms with Crippen molar-refractivity contribution in [2.45, 2.75) is 19.8 Å². The highest BCUT2D eigenvalue weighted by molar-refractivity contribution is 6.35. The number of benzene rings is 2. The van der Waals surface area contributed by atoms with Crippen molar-refractivity contribution in [2.24, 2.45) is 0 Å². The first-order valence-corrected chi connectivity index (χ1v) is 8.56. The Labute approximate surface area is 156 Å². The molecule has 0 radical (unpaired) electrons. The second kappa shape index (κ2) is 7.68. The summed E-state index contributed by atoms with van der Waals surface area (Å²) in [5, 5.41) is 15.5. The largest absolute Gasteiger partial charge is 0.338 e. The van der Waals surface area contributed by atoms with Gasteiger partial charge in [0.1, 0.15) is 0 Å². The molecule has 0 amide bonds. The highest BCUT2D eigenvalue weighted by Crippen LogP contribution is 2.29. The molecule has 0 saturated carbocycles. The smallest absolute Gasteiger partial charge is 0.249 e. The van der Waals surface area contributed by atoms with Crippen LogP contribution in [0.2, 0.25) is 10.0 Å². The average Bonchev–Trinajstić information content (AvgIpc) is 2.59. The molecule has 0 aliphatic carbocycles. The van der Waals surface area contributed by atoms with Gasteiger partial charge in [0.05, 0.1) is 16.9 Å². The van der Waals surface area contributed by atoms with Crippen LogP contribution in [0.1, 0.15) is 25.3 Å². The highest BCUT2D eigenvalue weighted by Gasteiger charge is 2.09. The zero-order valence-electron chi connectivity index (χ0n) is 13.8. The molecule has 25 heavy (non-hydrogen) atoms. The summed E-state index contributed by atoms with van der Waals surface area (Å²) in [7, 11) is 0. The molecule has 2 aromatic carbocycles. The summed E-state index contributed by atoms with van der Waals surface area (Å²) in [6.45, 7) is 4.28. The Kier molecular flexibility index (Phi) is 5.36. The van der Waals surface area contributed by atoms with Crippen molar-refractivity contribution in [3.63, 3.8) is 0 Å². The summed E-state index contributed by atoms with van der Waals surface area (Å²) < 4.78 is 0. The van der Waals surface area contributed by atoms with E-state index in [1.165, 1.54) is 11.8 Å². The Balaban J connectivity index is 1.84. The van der Waals surface area contributed by atoms with Gasteiger partial charge in [0.25, 0.3) is 0 Å². The summed E-state index contributed by atoms with van der Waals surface area (Å²) in [6, 6.07) is 13.2. The molecular formula is C18H17Cl2N5. The third-order valence-electron chi connectivity index (χ3n) is 3.58. The fourth-order valence-corrected chi connectivity index (χ4v) is 2.72. The number of anilines is 4. The first kappa shape index (κ1) is 17.5. The maximum atomic E-state index is 6.17. The Morgan fingerprint density at radius 2 is 1.76 bits per heavy atom. The molecule has 128 valence electrons. The molecule has 1 heterocycles. The van der Waals surface area contributed by atoms with E-state index in [2.05, 4.69) is 45.7 Å². The lowest BCUT2D eigenvalue weighted by atomic mass is 10.0. The van der Waals surface area contributed by atoms with E-state index in [9.17, 15) is 0 Å². The van der Waals surface area contributed by atoms with E-state index in [4.69, 9.17) is 23.2 Å². The second-order valence-corrected chi connectivity index (χ2v) is 6.62. The van der Waals surface area contributed by atoms with Gasteiger partial charge >= 0.3 is 0 Å². The van der Waals surface area contributed by atoms with E-state index in [1.807, 2.05) is 18.2 Å². The van der Waals surface area contributed by atoms with Crippen LogP contribution in [0.4, 0.5) is 23.1 Å². The monoisotopic (exact) mass is 373 g/mol. The third-order valence-corrected chi connectivity index (χ3v) is 4.14. The van der Waals surface area contributed by atoms with Crippen molar-refractivity contribution in [1.29, 1.82) is 0 Å². The van der Waals surface area contributed by atoms with Crippen LogP contribution in [-0.4, -0.2) is 15.2 Å². The predicted octanol–water partition coefficient (Wildman–Crippen LogP) is 5.79. The predicted molar refractivity (Wildman–Crippen MR) is 103 cm³/mol. The van der Waals surface area contributed by atoms with Gasteiger partial charge in [0.15, 0.2) is 5.82 Å². The molecule has 0 fully saturated rings. The van der Waals surface area contributed by atoms with E-state index in [0.717, 1.165) is 5.69 Å². The number of halogens is 2. The molecule has 0 unspecified atom stereocenters. The van der Waals surface area contributed by atoms with Crippen molar-refractivity contribution in [3.05, 3.63) is 64.3 Å². The van der Waals surface area contributed by atoms with Crippen LogP contribution >= 0.6 is 23.2 Å². The molecule has 7 heteroatoms. The Bertz CT molecular complexity index is 883. The minimum atomic E-state index is 0.378. The highest BCUT2D eigenvalue weighted by atomic mass is 35.5. The number of nitrogens with zero attached hydrogens (tertiary/aromatic N) is 3. The van der Waals surface area contributed by atoms with E-state index in [0.29, 0.717) is 33.4 Å². The molecule has 5 nitrogen and oxygen atoms in total. The molecule has 1 aromatic heterocycles. The maximum Gasteiger partial charge on any atom is 0.249 e. The van der Waals surface area contributed by atoms with Gasteiger partial charge in [0.2, 0.25) is 5.95 Å². The summed E-state index contributed by atoms with van der Waals surface area (Å²) in [5.41, 5.74) is 2.79. The van der Waals surface area contributed by atoms with Crippen molar-refractivity contribution < 1.29 is 0 Å². The van der Waals surface area contributed by atoms with Crippen molar-refractivity contribution in [3.8, 4) is 0 Å². The first-order valence-electron chi connectivity index (χ1n) is 7.80. The zero-order valence-corrected chi connectivity index (χ0v) is 15.3. The molecule has 0 aliphatic heterocycles. The molecule has 0 bridgehead atoms. The fourth-order valence-electron chi connectivity index (χ4n) is 2.38. The standard InChI is InChI=1S/C18H17Cl2N5/c1-11(2)13-5-3-4-6-15(13)23-18-24-17(10-21-25-18)22-16-9-12(19)7-8-14(16)20/h3-11H,1-2H3,(H2,22,23,24,25). The summed E-state index contributed by atoms with van der Waals surface area (Å²) in [6.07, 6.45) is 1.52. The van der Waals surface area contributed by atoms with Crippen LogP contribution in [0.5, 0.6) is 0 Å². The number of rotatable bonds is 5.